The molecule has 0 aromatic rings. The van der Waals surface area contributed by atoms with Crippen LogP contribution in [0.3, 0.4) is 0 Å². The lowest BCUT2D eigenvalue weighted by Gasteiger charge is -2.30. The molecule has 1 heterocycles. The van der Waals surface area contributed by atoms with Crippen LogP contribution in [0.5, 0.6) is 0 Å². The SMILES string of the molecule is CCOC(=O)N1CCC(CCN)CC1. The van der Waals surface area contributed by atoms with Crippen molar-refractivity contribution in [2.75, 3.05) is 26.2 Å². The molecule has 1 amide bonds. The molecule has 0 aromatic carbocycles. The first-order valence-corrected chi connectivity index (χ1v) is 5.39. The molecule has 1 fully saturated rings. The maximum atomic E-state index is 11.3. The molecule has 0 spiro atoms. The molecule has 82 valence electrons. The van der Waals surface area contributed by atoms with E-state index in [9.17, 15) is 4.79 Å². The number of nitrogens with zero attached hydrogens (tertiary/aromatic N) is 1. The first kappa shape index (κ1) is 11.3. The molecular weight excluding hydrogens is 180 g/mol. The summed E-state index contributed by atoms with van der Waals surface area (Å²) in [5, 5.41) is 0. The van der Waals surface area contributed by atoms with Crippen molar-refractivity contribution in [3.8, 4) is 0 Å². The largest absolute Gasteiger partial charge is 0.450 e. The van der Waals surface area contributed by atoms with E-state index in [2.05, 4.69) is 0 Å². The lowest BCUT2D eigenvalue weighted by molar-refractivity contribution is 0.0912. The van der Waals surface area contributed by atoms with Crippen LogP contribution in [-0.4, -0.2) is 37.2 Å². The van der Waals surface area contributed by atoms with Crippen molar-refractivity contribution in [3.63, 3.8) is 0 Å². The van der Waals surface area contributed by atoms with Crippen LogP contribution in [0.2, 0.25) is 0 Å². The molecule has 1 aliphatic heterocycles. The van der Waals surface area contributed by atoms with Gasteiger partial charge in [-0.05, 0) is 38.6 Å². The van der Waals surface area contributed by atoms with Gasteiger partial charge in [0.2, 0.25) is 0 Å². The van der Waals surface area contributed by atoms with Crippen LogP contribution in [-0.2, 0) is 4.74 Å². The van der Waals surface area contributed by atoms with Gasteiger partial charge >= 0.3 is 6.09 Å². The van der Waals surface area contributed by atoms with Gasteiger partial charge in [-0.2, -0.15) is 0 Å². The molecule has 0 radical (unpaired) electrons. The number of rotatable bonds is 3. The molecule has 1 aliphatic rings. The molecule has 2 N–H and O–H groups in total. The van der Waals surface area contributed by atoms with Crippen LogP contribution in [0.4, 0.5) is 4.79 Å². The number of ether oxygens (including phenoxy) is 1. The minimum absolute atomic E-state index is 0.168. The van der Waals surface area contributed by atoms with E-state index in [-0.39, 0.29) is 6.09 Å². The summed E-state index contributed by atoms with van der Waals surface area (Å²) < 4.78 is 4.94. The third-order valence-electron chi connectivity index (χ3n) is 2.72. The Labute approximate surface area is 85.4 Å². The van der Waals surface area contributed by atoms with Crippen molar-refractivity contribution >= 4 is 6.09 Å². The Morgan fingerprint density at radius 3 is 2.64 bits per heavy atom. The summed E-state index contributed by atoms with van der Waals surface area (Å²) >= 11 is 0. The molecule has 0 saturated carbocycles. The molecule has 4 heteroatoms. The maximum Gasteiger partial charge on any atom is 0.409 e. The van der Waals surface area contributed by atoms with Gasteiger partial charge in [0.1, 0.15) is 0 Å². The van der Waals surface area contributed by atoms with Gasteiger partial charge < -0.3 is 15.4 Å². The Bertz CT molecular complexity index is 177. The molecular formula is C10H20N2O2. The highest BCUT2D eigenvalue weighted by Gasteiger charge is 2.22. The minimum atomic E-state index is -0.168. The zero-order valence-electron chi connectivity index (χ0n) is 8.87. The second kappa shape index (κ2) is 5.86. The van der Waals surface area contributed by atoms with Crippen molar-refractivity contribution in [1.29, 1.82) is 0 Å². The molecule has 0 atom stereocenters. The van der Waals surface area contributed by atoms with Crippen molar-refractivity contribution in [3.05, 3.63) is 0 Å². The fraction of sp³-hybridized carbons (Fsp3) is 0.900. The number of hydrogen-bond acceptors (Lipinski definition) is 3. The number of carbonyl (C=O) groups is 1. The van der Waals surface area contributed by atoms with Crippen LogP contribution in [0.1, 0.15) is 26.2 Å². The Morgan fingerprint density at radius 2 is 2.14 bits per heavy atom. The summed E-state index contributed by atoms with van der Waals surface area (Å²) in [6.07, 6.45) is 3.04. The summed E-state index contributed by atoms with van der Waals surface area (Å²) in [6.45, 7) is 4.69. The molecule has 0 bridgehead atoms. The molecule has 0 aliphatic carbocycles. The first-order chi connectivity index (χ1) is 6.77. The summed E-state index contributed by atoms with van der Waals surface area (Å²) in [5.74, 6) is 0.700. The van der Waals surface area contributed by atoms with Gasteiger partial charge in [0.05, 0.1) is 6.61 Å². The van der Waals surface area contributed by atoms with Gasteiger partial charge in [0, 0.05) is 13.1 Å². The van der Waals surface area contributed by atoms with Gasteiger partial charge in [-0.3, -0.25) is 0 Å². The van der Waals surface area contributed by atoms with E-state index in [0.717, 1.165) is 38.9 Å². The fourth-order valence-corrected chi connectivity index (χ4v) is 1.85. The van der Waals surface area contributed by atoms with Gasteiger partial charge in [0.15, 0.2) is 0 Å². The van der Waals surface area contributed by atoms with E-state index in [1.54, 1.807) is 4.90 Å². The second-order valence-corrected chi connectivity index (χ2v) is 3.71. The highest BCUT2D eigenvalue weighted by molar-refractivity contribution is 5.67. The number of likely N-dealkylation sites (tertiary alicyclic amines) is 1. The topological polar surface area (TPSA) is 55.6 Å². The molecule has 0 unspecified atom stereocenters. The molecule has 1 rings (SSSR count). The number of hydrogen-bond donors (Lipinski definition) is 1. The fourth-order valence-electron chi connectivity index (χ4n) is 1.85. The third kappa shape index (κ3) is 3.18. The van der Waals surface area contributed by atoms with Crippen LogP contribution in [0, 0.1) is 5.92 Å². The summed E-state index contributed by atoms with van der Waals surface area (Å²) in [6, 6.07) is 0. The van der Waals surface area contributed by atoms with Gasteiger partial charge in [0.25, 0.3) is 0 Å². The predicted molar refractivity (Wildman–Crippen MR) is 55.0 cm³/mol. The smallest absolute Gasteiger partial charge is 0.409 e. The normalized spacial score (nSPS) is 18.3. The minimum Gasteiger partial charge on any atom is -0.450 e. The lowest BCUT2D eigenvalue weighted by atomic mass is 9.94. The van der Waals surface area contributed by atoms with E-state index in [1.807, 2.05) is 6.92 Å². The zero-order chi connectivity index (χ0) is 10.4. The van der Waals surface area contributed by atoms with Gasteiger partial charge in [-0.25, -0.2) is 4.79 Å². The number of piperidine rings is 1. The predicted octanol–water partition coefficient (Wildman–Crippen LogP) is 1.20. The Kier molecular flexibility index (Phi) is 4.73. The Hall–Kier alpha value is -0.770. The third-order valence-corrected chi connectivity index (χ3v) is 2.72. The summed E-state index contributed by atoms with van der Waals surface area (Å²) in [7, 11) is 0. The molecule has 1 saturated heterocycles. The van der Waals surface area contributed by atoms with Crippen molar-refractivity contribution < 1.29 is 9.53 Å². The molecule has 4 nitrogen and oxygen atoms in total. The highest BCUT2D eigenvalue weighted by Crippen LogP contribution is 2.20. The van der Waals surface area contributed by atoms with Crippen LogP contribution in [0.25, 0.3) is 0 Å². The Balaban J connectivity index is 2.24. The van der Waals surface area contributed by atoms with E-state index in [4.69, 9.17) is 10.5 Å². The lowest BCUT2D eigenvalue weighted by Crippen LogP contribution is -2.39. The monoisotopic (exact) mass is 200 g/mol. The number of nitrogens with two attached hydrogens (primary N) is 1. The number of amides is 1. The summed E-state index contributed by atoms with van der Waals surface area (Å²) in [5.41, 5.74) is 5.50. The average molecular weight is 200 g/mol. The van der Waals surface area contributed by atoms with Crippen LogP contribution in [0.15, 0.2) is 0 Å². The van der Waals surface area contributed by atoms with E-state index >= 15 is 0 Å². The van der Waals surface area contributed by atoms with Gasteiger partial charge in [-0.15, -0.1) is 0 Å². The van der Waals surface area contributed by atoms with Crippen LogP contribution >= 0.6 is 0 Å². The van der Waals surface area contributed by atoms with Crippen molar-refractivity contribution in [1.82, 2.24) is 4.90 Å². The van der Waals surface area contributed by atoms with Gasteiger partial charge in [-0.1, -0.05) is 0 Å². The van der Waals surface area contributed by atoms with Crippen LogP contribution < -0.4 is 5.73 Å². The van der Waals surface area contributed by atoms with E-state index in [0.29, 0.717) is 12.5 Å². The summed E-state index contributed by atoms with van der Waals surface area (Å²) in [4.78, 5) is 13.1. The van der Waals surface area contributed by atoms with Crippen molar-refractivity contribution in [2.45, 2.75) is 26.2 Å². The van der Waals surface area contributed by atoms with E-state index in [1.165, 1.54) is 0 Å². The Morgan fingerprint density at radius 1 is 1.50 bits per heavy atom. The van der Waals surface area contributed by atoms with E-state index < -0.39 is 0 Å². The second-order valence-electron chi connectivity index (χ2n) is 3.71. The zero-order valence-corrected chi connectivity index (χ0v) is 8.87. The average Bonchev–Trinajstić information content (AvgIpc) is 2.20. The first-order valence-electron chi connectivity index (χ1n) is 5.39. The highest BCUT2D eigenvalue weighted by atomic mass is 16.6. The quantitative estimate of drug-likeness (QED) is 0.745. The standard InChI is InChI=1S/C10H20N2O2/c1-2-14-10(13)12-7-4-9(3-6-11)5-8-12/h9H,2-8,11H2,1H3. The van der Waals surface area contributed by atoms with Crippen molar-refractivity contribution in [2.24, 2.45) is 11.7 Å². The maximum absolute atomic E-state index is 11.3. The molecule has 0 aromatic heterocycles. The number of carbonyl (C=O) groups excluding carboxylic acids is 1. The molecule has 14 heavy (non-hydrogen) atoms.